The van der Waals surface area contributed by atoms with Crippen LogP contribution in [0, 0.1) is 0 Å². The first-order chi connectivity index (χ1) is 6.75. The number of nitrogens with two attached hydrogens (primary N) is 1. The van der Waals surface area contributed by atoms with Gasteiger partial charge in [0.25, 0.3) is 0 Å². The highest BCUT2D eigenvalue weighted by atomic mass is 15.3. The molecule has 0 amide bonds. The summed E-state index contributed by atoms with van der Waals surface area (Å²) in [6, 6.07) is 0.331. The molecule has 2 N–H and O–H groups in total. The van der Waals surface area contributed by atoms with Crippen LogP contribution >= 0.6 is 0 Å². The molecule has 0 spiro atoms. The van der Waals surface area contributed by atoms with Crippen molar-refractivity contribution >= 4 is 0 Å². The van der Waals surface area contributed by atoms with E-state index in [4.69, 9.17) is 5.73 Å². The number of nitrogens with zero attached hydrogens (tertiary/aromatic N) is 4. The van der Waals surface area contributed by atoms with Gasteiger partial charge in [0.05, 0.1) is 6.54 Å². The molecule has 1 aliphatic heterocycles. The Balaban J connectivity index is 1.94. The van der Waals surface area contributed by atoms with E-state index in [1.54, 1.807) is 6.33 Å². The zero-order valence-corrected chi connectivity index (χ0v) is 8.56. The van der Waals surface area contributed by atoms with Crippen molar-refractivity contribution < 1.29 is 0 Å². The molecule has 0 aliphatic carbocycles. The quantitative estimate of drug-likeness (QED) is 0.706. The van der Waals surface area contributed by atoms with E-state index in [0.717, 1.165) is 31.9 Å². The molecule has 1 fully saturated rings. The Kier molecular flexibility index (Phi) is 2.79. The van der Waals surface area contributed by atoms with Crippen LogP contribution in [0.2, 0.25) is 0 Å². The number of piperidine rings is 1. The number of hydrogen-bond acceptors (Lipinski definition) is 4. The third-order valence-corrected chi connectivity index (χ3v) is 2.71. The first-order valence-corrected chi connectivity index (χ1v) is 5.06. The molecule has 5 nitrogen and oxygen atoms in total. The van der Waals surface area contributed by atoms with E-state index >= 15 is 0 Å². The fourth-order valence-electron chi connectivity index (χ4n) is 1.90. The van der Waals surface area contributed by atoms with Crippen molar-refractivity contribution in [2.24, 2.45) is 12.8 Å². The number of aromatic nitrogens is 3. The molecule has 5 heteroatoms. The minimum Gasteiger partial charge on any atom is -0.327 e. The molecule has 0 radical (unpaired) electrons. The summed E-state index contributed by atoms with van der Waals surface area (Å²) in [5, 5.41) is 4.05. The topological polar surface area (TPSA) is 60.0 Å². The average molecular weight is 195 g/mol. The van der Waals surface area contributed by atoms with Crippen molar-refractivity contribution in [3.63, 3.8) is 0 Å². The van der Waals surface area contributed by atoms with Crippen LogP contribution in [0.3, 0.4) is 0 Å². The number of aryl methyl sites for hydroxylation is 1. The van der Waals surface area contributed by atoms with Crippen molar-refractivity contribution in [3.8, 4) is 0 Å². The Hall–Kier alpha value is -0.940. The van der Waals surface area contributed by atoms with Gasteiger partial charge >= 0.3 is 0 Å². The SMILES string of the molecule is Cn1ncnc1CN1CCCC(N)C1. The van der Waals surface area contributed by atoms with Crippen molar-refractivity contribution in [3.05, 3.63) is 12.2 Å². The van der Waals surface area contributed by atoms with Crippen LogP contribution in [0.1, 0.15) is 18.7 Å². The van der Waals surface area contributed by atoms with Gasteiger partial charge in [-0.3, -0.25) is 9.58 Å². The summed E-state index contributed by atoms with van der Waals surface area (Å²) in [6.45, 7) is 2.97. The third-order valence-electron chi connectivity index (χ3n) is 2.71. The van der Waals surface area contributed by atoms with Crippen LogP contribution in [0.4, 0.5) is 0 Å². The third kappa shape index (κ3) is 2.10. The van der Waals surface area contributed by atoms with Gasteiger partial charge < -0.3 is 5.73 Å². The van der Waals surface area contributed by atoms with E-state index in [9.17, 15) is 0 Å². The first kappa shape index (κ1) is 9.61. The van der Waals surface area contributed by atoms with Crippen molar-refractivity contribution in [1.82, 2.24) is 19.7 Å². The molecule has 1 aromatic rings. The van der Waals surface area contributed by atoms with Gasteiger partial charge in [-0.05, 0) is 19.4 Å². The van der Waals surface area contributed by atoms with Gasteiger partial charge in [-0.15, -0.1) is 0 Å². The first-order valence-electron chi connectivity index (χ1n) is 5.06. The van der Waals surface area contributed by atoms with E-state index in [1.165, 1.54) is 6.42 Å². The fraction of sp³-hybridized carbons (Fsp3) is 0.778. The summed E-state index contributed by atoms with van der Waals surface area (Å²) in [6.07, 6.45) is 3.94. The smallest absolute Gasteiger partial charge is 0.140 e. The second-order valence-corrected chi connectivity index (χ2v) is 3.94. The van der Waals surface area contributed by atoms with Gasteiger partial charge in [-0.2, -0.15) is 5.10 Å². The number of likely N-dealkylation sites (tertiary alicyclic amines) is 1. The maximum absolute atomic E-state index is 5.91. The minimum atomic E-state index is 0.331. The molecule has 14 heavy (non-hydrogen) atoms. The molecule has 0 bridgehead atoms. The van der Waals surface area contributed by atoms with Crippen LogP contribution in [-0.4, -0.2) is 38.8 Å². The number of rotatable bonds is 2. The Morgan fingerprint density at radius 2 is 2.50 bits per heavy atom. The molecule has 78 valence electrons. The van der Waals surface area contributed by atoms with Crippen LogP contribution in [0.5, 0.6) is 0 Å². The van der Waals surface area contributed by atoms with Gasteiger partial charge in [0.1, 0.15) is 12.2 Å². The Morgan fingerprint density at radius 3 is 3.14 bits per heavy atom. The Morgan fingerprint density at radius 1 is 1.64 bits per heavy atom. The molecule has 1 saturated heterocycles. The highest BCUT2D eigenvalue weighted by Crippen LogP contribution is 2.10. The molecule has 1 aliphatic rings. The van der Waals surface area contributed by atoms with E-state index in [-0.39, 0.29) is 0 Å². The normalized spacial score (nSPS) is 24.0. The molecule has 1 unspecified atom stereocenters. The van der Waals surface area contributed by atoms with Gasteiger partial charge in [-0.25, -0.2) is 4.98 Å². The fourth-order valence-corrected chi connectivity index (χ4v) is 1.90. The molecule has 1 aromatic heterocycles. The average Bonchev–Trinajstić information content (AvgIpc) is 2.52. The number of hydrogen-bond donors (Lipinski definition) is 1. The molecule has 1 atom stereocenters. The lowest BCUT2D eigenvalue weighted by Crippen LogP contribution is -2.42. The predicted molar refractivity (Wildman–Crippen MR) is 53.5 cm³/mol. The maximum atomic E-state index is 5.91. The molecule has 0 aromatic carbocycles. The van der Waals surface area contributed by atoms with Crippen LogP contribution in [0.25, 0.3) is 0 Å². The maximum Gasteiger partial charge on any atom is 0.140 e. The standard InChI is InChI=1S/C9H17N5/c1-13-9(11-7-12-13)6-14-4-2-3-8(10)5-14/h7-8H,2-6,10H2,1H3. The van der Waals surface area contributed by atoms with Gasteiger partial charge in [0.15, 0.2) is 0 Å². The molecule has 2 heterocycles. The van der Waals surface area contributed by atoms with Gasteiger partial charge in [0.2, 0.25) is 0 Å². The van der Waals surface area contributed by atoms with E-state index in [0.29, 0.717) is 6.04 Å². The van der Waals surface area contributed by atoms with Crippen molar-refractivity contribution in [2.75, 3.05) is 13.1 Å². The summed E-state index contributed by atoms with van der Waals surface area (Å²) in [5.74, 6) is 1.01. The van der Waals surface area contributed by atoms with Crippen LogP contribution in [0.15, 0.2) is 6.33 Å². The second-order valence-electron chi connectivity index (χ2n) is 3.94. The summed E-state index contributed by atoms with van der Waals surface area (Å²) in [5.41, 5.74) is 5.91. The highest BCUT2D eigenvalue weighted by Gasteiger charge is 2.17. The molecule has 0 saturated carbocycles. The summed E-state index contributed by atoms with van der Waals surface area (Å²) in [7, 11) is 1.92. The summed E-state index contributed by atoms with van der Waals surface area (Å²) in [4.78, 5) is 6.55. The van der Waals surface area contributed by atoms with Gasteiger partial charge in [-0.1, -0.05) is 0 Å². The zero-order valence-electron chi connectivity index (χ0n) is 8.56. The Bertz CT molecular complexity index is 295. The largest absolute Gasteiger partial charge is 0.327 e. The van der Waals surface area contributed by atoms with Crippen LogP contribution in [-0.2, 0) is 13.6 Å². The molecular weight excluding hydrogens is 178 g/mol. The van der Waals surface area contributed by atoms with Gasteiger partial charge in [0, 0.05) is 19.6 Å². The lowest BCUT2D eigenvalue weighted by molar-refractivity contribution is 0.195. The molecular formula is C9H17N5. The monoisotopic (exact) mass is 195 g/mol. The zero-order chi connectivity index (χ0) is 9.97. The minimum absolute atomic E-state index is 0.331. The van der Waals surface area contributed by atoms with E-state index in [1.807, 2.05) is 11.7 Å². The summed E-state index contributed by atoms with van der Waals surface area (Å²) < 4.78 is 1.82. The predicted octanol–water partition coefficient (Wildman–Crippen LogP) is -0.262. The lowest BCUT2D eigenvalue weighted by Gasteiger charge is -2.29. The van der Waals surface area contributed by atoms with Crippen molar-refractivity contribution in [2.45, 2.75) is 25.4 Å². The lowest BCUT2D eigenvalue weighted by atomic mass is 10.1. The van der Waals surface area contributed by atoms with Crippen molar-refractivity contribution in [1.29, 1.82) is 0 Å². The van der Waals surface area contributed by atoms with Crippen LogP contribution < -0.4 is 5.73 Å². The Labute approximate surface area is 83.9 Å². The second kappa shape index (κ2) is 4.06. The molecule has 2 rings (SSSR count). The highest BCUT2D eigenvalue weighted by molar-refractivity contribution is 4.86. The summed E-state index contributed by atoms with van der Waals surface area (Å²) >= 11 is 0. The van der Waals surface area contributed by atoms with E-state index < -0.39 is 0 Å². The van der Waals surface area contributed by atoms with E-state index in [2.05, 4.69) is 15.0 Å².